The van der Waals surface area contributed by atoms with Gasteiger partial charge < -0.3 is 10.5 Å². The molecule has 1 aliphatic heterocycles. The van der Waals surface area contributed by atoms with Gasteiger partial charge in [-0.15, -0.1) is 0 Å². The van der Waals surface area contributed by atoms with Gasteiger partial charge in [0.05, 0.1) is 21.6 Å². The lowest BCUT2D eigenvalue weighted by molar-refractivity contribution is 0.357. The molecule has 148 valence electrons. The molecule has 2 heterocycles. The first-order chi connectivity index (χ1) is 14.6. The van der Waals surface area contributed by atoms with E-state index in [4.69, 9.17) is 10.5 Å². The Bertz CT molecular complexity index is 1190. The summed E-state index contributed by atoms with van der Waals surface area (Å²) in [5, 5.41) is 9.85. The highest BCUT2D eigenvalue weighted by Gasteiger charge is 2.37. The number of hydrogen-bond donors (Lipinski definition) is 1. The molecule has 2 atom stereocenters. The Labute approximate surface area is 177 Å². The molecular formula is C24H19N3O2S. The Morgan fingerprint density at radius 3 is 2.37 bits per heavy atom. The van der Waals surface area contributed by atoms with Crippen molar-refractivity contribution in [3.05, 3.63) is 112 Å². The Morgan fingerprint density at radius 2 is 1.73 bits per heavy atom. The number of allylic oxidation sites excluding steroid dienone is 2. The standard InChI is InChI=1S/C24H19N3O2S/c1-16-10-12-18(13-11-16)30(28)23-21(17-7-3-2-4-8-17)19(15-25)24(26)29-22(23)20-9-5-6-14-27-20/h2-14,21H,26H2,1H3/t21-,30+/m0/s1. The molecule has 4 rings (SSSR count). The summed E-state index contributed by atoms with van der Waals surface area (Å²) in [6, 6.07) is 24.4. The van der Waals surface area contributed by atoms with E-state index < -0.39 is 16.7 Å². The number of nitriles is 1. The molecule has 0 unspecified atom stereocenters. The van der Waals surface area contributed by atoms with E-state index >= 15 is 0 Å². The zero-order valence-electron chi connectivity index (χ0n) is 16.3. The quantitative estimate of drug-likeness (QED) is 0.686. The maximum absolute atomic E-state index is 13.8. The Morgan fingerprint density at radius 1 is 1.03 bits per heavy atom. The largest absolute Gasteiger partial charge is 0.437 e. The first kappa shape index (κ1) is 19.6. The van der Waals surface area contributed by atoms with Crippen LogP contribution in [0.1, 0.15) is 22.7 Å². The third-order valence-electron chi connectivity index (χ3n) is 4.84. The first-order valence-corrected chi connectivity index (χ1v) is 10.5. The van der Waals surface area contributed by atoms with Gasteiger partial charge in [-0.25, -0.2) is 4.21 Å². The van der Waals surface area contributed by atoms with Crippen molar-refractivity contribution in [1.82, 2.24) is 4.98 Å². The number of hydrogen-bond acceptors (Lipinski definition) is 5. The Hall–Kier alpha value is -3.69. The summed E-state index contributed by atoms with van der Waals surface area (Å²) in [5.74, 6) is -0.291. The van der Waals surface area contributed by atoms with E-state index in [2.05, 4.69) is 11.1 Å². The molecule has 0 bridgehead atoms. The summed E-state index contributed by atoms with van der Waals surface area (Å²) in [6.45, 7) is 1.97. The van der Waals surface area contributed by atoms with E-state index in [-0.39, 0.29) is 11.5 Å². The van der Waals surface area contributed by atoms with Crippen molar-refractivity contribution in [1.29, 1.82) is 5.26 Å². The Balaban J connectivity index is 1.99. The number of rotatable bonds is 4. The van der Waals surface area contributed by atoms with Gasteiger partial charge in [-0.1, -0.05) is 54.1 Å². The van der Waals surface area contributed by atoms with Crippen LogP contribution >= 0.6 is 0 Å². The predicted molar refractivity (Wildman–Crippen MR) is 116 cm³/mol. The maximum atomic E-state index is 13.8. The van der Waals surface area contributed by atoms with Crippen LogP contribution in [0.5, 0.6) is 0 Å². The molecule has 6 heteroatoms. The van der Waals surface area contributed by atoms with Crippen LogP contribution in [0, 0.1) is 18.3 Å². The minimum Gasteiger partial charge on any atom is -0.437 e. The summed E-state index contributed by atoms with van der Waals surface area (Å²) in [6.07, 6.45) is 1.63. The lowest BCUT2D eigenvalue weighted by Gasteiger charge is -2.28. The van der Waals surface area contributed by atoms with Crippen LogP contribution in [0.25, 0.3) is 5.76 Å². The zero-order chi connectivity index (χ0) is 21.1. The summed E-state index contributed by atoms with van der Waals surface area (Å²) >= 11 is 0. The van der Waals surface area contributed by atoms with Gasteiger partial charge in [-0.2, -0.15) is 5.26 Å². The Kier molecular flexibility index (Phi) is 5.46. The molecule has 3 aromatic rings. The fourth-order valence-corrected chi connectivity index (χ4v) is 4.78. The van der Waals surface area contributed by atoms with Crippen molar-refractivity contribution in [2.24, 2.45) is 5.73 Å². The van der Waals surface area contributed by atoms with Crippen molar-refractivity contribution in [2.75, 3.05) is 0 Å². The summed E-state index contributed by atoms with van der Waals surface area (Å²) < 4.78 is 19.7. The van der Waals surface area contributed by atoms with Gasteiger partial charge in [0.2, 0.25) is 5.88 Å². The number of aryl methyl sites for hydroxylation is 1. The molecule has 1 aromatic heterocycles. The van der Waals surface area contributed by atoms with Gasteiger partial charge in [0.1, 0.15) is 17.3 Å². The minimum atomic E-state index is -1.60. The predicted octanol–water partition coefficient (Wildman–Crippen LogP) is 4.37. The van der Waals surface area contributed by atoms with Gasteiger partial charge in [0, 0.05) is 11.1 Å². The lowest BCUT2D eigenvalue weighted by Crippen LogP contribution is -2.23. The average molecular weight is 414 g/mol. The molecule has 0 saturated heterocycles. The fraction of sp³-hybridized carbons (Fsp3) is 0.0833. The second-order valence-electron chi connectivity index (χ2n) is 6.83. The molecule has 2 N–H and O–H groups in total. The highest BCUT2D eigenvalue weighted by atomic mass is 32.2. The monoisotopic (exact) mass is 413 g/mol. The van der Waals surface area contributed by atoms with Crippen LogP contribution in [0.4, 0.5) is 0 Å². The van der Waals surface area contributed by atoms with Gasteiger partial charge in [0.15, 0.2) is 5.76 Å². The number of nitrogens with two attached hydrogens (primary N) is 1. The molecule has 0 saturated carbocycles. The second-order valence-corrected chi connectivity index (χ2v) is 8.27. The third-order valence-corrected chi connectivity index (χ3v) is 6.36. The van der Waals surface area contributed by atoms with Crippen molar-refractivity contribution in [3.63, 3.8) is 0 Å². The van der Waals surface area contributed by atoms with E-state index in [1.165, 1.54) is 0 Å². The van der Waals surface area contributed by atoms with Crippen LogP contribution in [-0.4, -0.2) is 9.19 Å². The SMILES string of the molecule is Cc1ccc([S@@](=O)C2=C(c3ccccn3)OC(N)=C(C#N)[C@@H]2c2ccccc2)cc1. The second kappa shape index (κ2) is 8.36. The molecule has 0 fully saturated rings. The fourth-order valence-electron chi connectivity index (χ4n) is 3.36. The normalized spacial score (nSPS) is 17.3. The maximum Gasteiger partial charge on any atom is 0.205 e. The molecule has 5 nitrogen and oxygen atoms in total. The summed E-state index contributed by atoms with van der Waals surface area (Å²) in [4.78, 5) is 5.45. The van der Waals surface area contributed by atoms with E-state index in [0.29, 0.717) is 21.3 Å². The first-order valence-electron chi connectivity index (χ1n) is 9.36. The number of benzene rings is 2. The topological polar surface area (TPSA) is 89.0 Å². The lowest BCUT2D eigenvalue weighted by atomic mass is 9.89. The number of ether oxygens (including phenoxy) is 1. The molecule has 0 aliphatic carbocycles. The van der Waals surface area contributed by atoms with Crippen LogP contribution in [0.2, 0.25) is 0 Å². The van der Waals surface area contributed by atoms with Gasteiger partial charge in [-0.3, -0.25) is 4.98 Å². The highest BCUT2D eigenvalue weighted by molar-refractivity contribution is 7.89. The van der Waals surface area contributed by atoms with Crippen LogP contribution < -0.4 is 5.73 Å². The molecule has 30 heavy (non-hydrogen) atoms. The smallest absolute Gasteiger partial charge is 0.205 e. The van der Waals surface area contributed by atoms with Crippen LogP contribution in [0.15, 0.2) is 100 Å². The van der Waals surface area contributed by atoms with E-state index in [9.17, 15) is 9.47 Å². The average Bonchev–Trinajstić information content (AvgIpc) is 2.79. The van der Waals surface area contributed by atoms with Crippen molar-refractivity contribution in [3.8, 4) is 6.07 Å². The summed E-state index contributed by atoms with van der Waals surface area (Å²) in [7, 11) is -1.60. The van der Waals surface area contributed by atoms with Gasteiger partial charge in [0.25, 0.3) is 0 Å². The van der Waals surface area contributed by atoms with E-state index in [1.54, 1.807) is 18.3 Å². The summed E-state index contributed by atoms with van der Waals surface area (Å²) in [5.41, 5.74) is 8.76. The molecule has 2 aromatic carbocycles. The molecular weight excluding hydrogens is 394 g/mol. The zero-order valence-corrected chi connectivity index (χ0v) is 17.1. The van der Waals surface area contributed by atoms with Crippen LogP contribution in [-0.2, 0) is 15.5 Å². The van der Waals surface area contributed by atoms with Crippen molar-refractivity contribution >= 4 is 16.6 Å². The molecule has 0 radical (unpaired) electrons. The molecule has 0 spiro atoms. The van der Waals surface area contributed by atoms with Gasteiger partial charge in [-0.05, 0) is 36.8 Å². The third kappa shape index (κ3) is 3.63. The van der Waals surface area contributed by atoms with Crippen molar-refractivity contribution < 1.29 is 8.95 Å². The minimum absolute atomic E-state index is 0.00309. The number of nitrogens with zero attached hydrogens (tertiary/aromatic N) is 2. The van der Waals surface area contributed by atoms with Gasteiger partial charge >= 0.3 is 0 Å². The van der Waals surface area contributed by atoms with Crippen LogP contribution in [0.3, 0.4) is 0 Å². The molecule has 1 aliphatic rings. The molecule has 0 amide bonds. The van der Waals surface area contributed by atoms with E-state index in [1.807, 2.05) is 67.6 Å². The van der Waals surface area contributed by atoms with Crippen molar-refractivity contribution in [2.45, 2.75) is 17.7 Å². The highest BCUT2D eigenvalue weighted by Crippen LogP contribution is 2.44. The number of pyridine rings is 1. The van der Waals surface area contributed by atoms with E-state index in [0.717, 1.165) is 11.1 Å². The number of aromatic nitrogens is 1.